The SMILES string of the molecule is COc1cc(OC)cc(-c2csc(N3CCC(S(=O)(=O)c4ccccc4Cl)CC3)n2)c1. The number of anilines is 1. The first-order chi connectivity index (χ1) is 14.9. The number of thiazole rings is 1. The monoisotopic (exact) mass is 478 g/mol. The van der Waals surface area contributed by atoms with Gasteiger partial charge in [0.25, 0.3) is 0 Å². The fourth-order valence-electron chi connectivity index (χ4n) is 3.71. The van der Waals surface area contributed by atoms with Gasteiger partial charge in [-0.2, -0.15) is 0 Å². The third kappa shape index (κ3) is 4.51. The maximum absolute atomic E-state index is 13.0. The molecule has 1 saturated heterocycles. The van der Waals surface area contributed by atoms with E-state index in [1.54, 1.807) is 49.8 Å². The molecule has 0 atom stereocenters. The molecule has 0 bridgehead atoms. The topological polar surface area (TPSA) is 68.7 Å². The molecule has 0 N–H and O–H groups in total. The fraction of sp³-hybridized carbons (Fsp3) is 0.318. The van der Waals surface area contributed by atoms with Crippen molar-refractivity contribution in [2.24, 2.45) is 0 Å². The first-order valence-electron chi connectivity index (χ1n) is 9.84. The van der Waals surface area contributed by atoms with E-state index in [1.165, 1.54) is 0 Å². The molecule has 1 aliphatic heterocycles. The number of piperidine rings is 1. The van der Waals surface area contributed by atoms with Gasteiger partial charge in [0.2, 0.25) is 0 Å². The van der Waals surface area contributed by atoms with E-state index in [2.05, 4.69) is 4.90 Å². The summed E-state index contributed by atoms with van der Waals surface area (Å²) >= 11 is 7.69. The van der Waals surface area contributed by atoms with Crippen molar-refractivity contribution < 1.29 is 17.9 Å². The molecule has 0 saturated carbocycles. The van der Waals surface area contributed by atoms with Crippen LogP contribution >= 0.6 is 22.9 Å². The van der Waals surface area contributed by atoms with Gasteiger partial charge in [0.05, 0.1) is 35.1 Å². The molecule has 0 spiro atoms. The van der Waals surface area contributed by atoms with Crippen LogP contribution in [0.5, 0.6) is 11.5 Å². The number of methoxy groups -OCH3 is 2. The molecule has 1 aliphatic rings. The van der Waals surface area contributed by atoms with Crippen LogP contribution in [0.3, 0.4) is 0 Å². The molecule has 2 heterocycles. The van der Waals surface area contributed by atoms with Gasteiger partial charge in [-0.15, -0.1) is 11.3 Å². The average Bonchev–Trinajstić information content (AvgIpc) is 3.29. The van der Waals surface area contributed by atoms with Crippen LogP contribution in [0.2, 0.25) is 5.02 Å². The van der Waals surface area contributed by atoms with Crippen molar-refractivity contribution in [2.45, 2.75) is 23.0 Å². The number of benzene rings is 2. The van der Waals surface area contributed by atoms with Gasteiger partial charge < -0.3 is 14.4 Å². The number of ether oxygens (including phenoxy) is 2. The van der Waals surface area contributed by atoms with Gasteiger partial charge in [0.15, 0.2) is 15.0 Å². The van der Waals surface area contributed by atoms with Gasteiger partial charge in [-0.05, 0) is 37.1 Å². The quantitative estimate of drug-likeness (QED) is 0.500. The summed E-state index contributed by atoms with van der Waals surface area (Å²) in [6.07, 6.45) is 1.07. The van der Waals surface area contributed by atoms with Gasteiger partial charge in [-0.25, -0.2) is 13.4 Å². The highest BCUT2D eigenvalue weighted by Gasteiger charge is 2.33. The minimum absolute atomic E-state index is 0.221. The number of rotatable bonds is 6. The van der Waals surface area contributed by atoms with Crippen LogP contribution in [-0.2, 0) is 9.84 Å². The van der Waals surface area contributed by atoms with Crippen LogP contribution < -0.4 is 14.4 Å². The third-order valence-electron chi connectivity index (χ3n) is 5.43. The van der Waals surface area contributed by atoms with Crippen LogP contribution in [0.4, 0.5) is 5.13 Å². The summed E-state index contributed by atoms with van der Waals surface area (Å²) in [5.74, 6) is 1.41. The molecule has 1 fully saturated rings. The molecule has 164 valence electrons. The lowest BCUT2D eigenvalue weighted by atomic mass is 10.1. The van der Waals surface area contributed by atoms with Gasteiger partial charge >= 0.3 is 0 Å². The molecule has 31 heavy (non-hydrogen) atoms. The highest BCUT2D eigenvalue weighted by molar-refractivity contribution is 7.92. The van der Waals surface area contributed by atoms with Crippen molar-refractivity contribution in [3.63, 3.8) is 0 Å². The summed E-state index contributed by atoms with van der Waals surface area (Å²) in [5, 5.41) is 2.72. The Hall–Kier alpha value is -2.29. The molecular formula is C22H23ClN2O4S2. The molecule has 2 aromatic carbocycles. The second-order valence-electron chi connectivity index (χ2n) is 7.28. The first-order valence-corrected chi connectivity index (χ1v) is 12.6. The number of nitrogens with zero attached hydrogens (tertiary/aromatic N) is 2. The summed E-state index contributed by atoms with van der Waals surface area (Å²) < 4.78 is 36.7. The zero-order chi connectivity index (χ0) is 22.0. The zero-order valence-corrected chi connectivity index (χ0v) is 19.6. The second kappa shape index (κ2) is 9.06. The smallest absolute Gasteiger partial charge is 0.185 e. The normalized spacial score (nSPS) is 15.1. The van der Waals surface area contributed by atoms with E-state index in [4.69, 9.17) is 26.1 Å². The summed E-state index contributed by atoms with van der Waals surface area (Å²) in [6.45, 7) is 1.26. The van der Waals surface area contributed by atoms with Crippen molar-refractivity contribution >= 4 is 37.9 Å². The van der Waals surface area contributed by atoms with E-state index in [-0.39, 0.29) is 9.92 Å². The van der Waals surface area contributed by atoms with Gasteiger partial charge in [0.1, 0.15) is 11.5 Å². The first kappa shape index (κ1) is 21.9. The molecule has 3 aromatic rings. The molecule has 0 aliphatic carbocycles. The van der Waals surface area contributed by atoms with Crippen LogP contribution in [0.1, 0.15) is 12.8 Å². The van der Waals surface area contributed by atoms with E-state index >= 15 is 0 Å². The largest absolute Gasteiger partial charge is 0.497 e. The summed E-state index contributed by atoms with van der Waals surface area (Å²) in [6, 6.07) is 12.3. The van der Waals surface area contributed by atoms with Crippen LogP contribution in [0.15, 0.2) is 52.7 Å². The lowest BCUT2D eigenvalue weighted by Gasteiger charge is -2.31. The Morgan fingerprint density at radius 2 is 1.71 bits per heavy atom. The molecule has 4 rings (SSSR count). The zero-order valence-electron chi connectivity index (χ0n) is 17.2. The van der Waals surface area contributed by atoms with E-state index in [0.29, 0.717) is 37.4 Å². The van der Waals surface area contributed by atoms with Crippen molar-refractivity contribution in [1.82, 2.24) is 4.98 Å². The van der Waals surface area contributed by atoms with Crippen molar-refractivity contribution in [3.8, 4) is 22.8 Å². The molecule has 0 unspecified atom stereocenters. The maximum Gasteiger partial charge on any atom is 0.185 e. The number of hydrogen-bond acceptors (Lipinski definition) is 7. The minimum Gasteiger partial charge on any atom is -0.497 e. The Balaban J connectivity index is 1.48. The van der Waals surface area contributed by atoms with Crippen LogP contribution in [-0.4, -0.2) is 46.0 Å². The second-order valence-corrected chi connectivity index (χ2v) is 10.7. The van der Waals surface area contributed by atoms with Gasteiger partial charge in [-0.1, -0.05) is 23.7 Å². The molecule has 0 radical (unpaired) electrons. The average molecular weight is 479 g/mol. The van der Waals surface area contributed by atoms with E-state index in [0.717, 1.165) is 16.4 Å². The molecule has 6 nitrogen and oxygen atoms in total. The highest BCUT2D eigenvalue weighted by Crippen LogP contribution is 2.35. The van der Waals surface area contributed by atoms with Crippen molar-refractivity contribution in [2.75, 3.05) is 32.2 Å². The molecule has 0 amide bonds. The standard InChI is InChI=1S/C22H23ClN2O4S2/c1-28-16-11-15(12-17(13-16)29-2)20-14-30-22(24-20)25-9-7-18(8-10-25)31(26,27)21-6-4-3-5-19(21)23/h3-6,11-14,18H,7-10H2,1-2H3. The Morgan fingerprint density at radius 3 is 2.32 bits per heavy atom. The van der Waals surface area contributed by atoms with Crippen molar-refractivity contribution in [1.29, 1.82) is 0 Å². The Kier molecular flexibility index (Phi) is 6.41. The van der Waals surface area contributed by atoms with Gasteiger partial charge in [0, 0.05) is 30.1 Å². The summed E-state index contributed by atoms with van der Waals surface area (Å²) in [4.78, 5) is 7.14. The highest BCUT2D eigenvalue weighted by atomic mass is 35.5. The molecule has 9 heteroatoms. The molecule has 1 aromatic heterocycles. The Labute approximate surface area is 191 Å². The fourth-order valence-corrected chi connectivity index (χ4v) is 6.86. The number of hydrogen-bond donors (Lipinski definition) is 0. The van der Waals surface area contributed by atoms with Crippen LogP contribution in [0.25, 0.3) is 11.3 Å². The third-order valence-corrected chi connectivity index (χ3v) is 9.09. The minimum atomic E-state index is -3.45. The van der Waals surface area contributed by atoms with Gasteiger partial charge in [-0.3, -0.25) is 0 Å². The predicted molar refractivity (Wildman–Crippen MR) is 125 cm³/mol. The lowest BCUT2D eigenvalue weighted by Crippen LogP contribution is -2.39. The maximum atomic E-state index is 13.0. The number of halogens is 1. The van der Waals surface area contributed by atoms with E-state index in [1.807, 2.05) is 23.6 Å². The Morgan fingerprint density at radius 1 is 1.06 bits per heavy atom. The van der Waals surface area contributed by atoms with E-state index in [9.17, 15) is 8.42 Å². The number of sulfone groups is 1. The summed E-state index contributed by atoms with van der Waals surface area (Å²) in [7, 11) is -0.221. The molecular weight excluding hydrogens is 456 g/mol. The number of aromatic nitrogens is 1. The predicted octanol–water partition coefficient (Wildman–Crippen LogP) is 4.92. The van der Waals surface area contributed by atoms with Crippen LogP contribution in [0, 0.1) is 0 Å². The van der Waals surface area contributed by atoms with E-state index < -0.39 is 15.1 Å². The Bertz CT molecular complexity index is 1150. The lowest BCUT2D eigenvalue weighted by molar-refractivity contribution is 0.394. The van der Waals surface area contributed by atoms with Crippen molar-refractivity contribution in [3.05, 3.63) is 52.9 Å². The summed E-state index contributed by atoms with van der Waals surface area (Å²) in [5.41, 5.74) is 1.75.